The largest absolute Gasteiger partial charge is 0.507 e. The second-order valence-corrected chi connectivity index (χ2v) is 8.25. The second-order valence-electron chi connectivity index (χ2n) is 8.25. The smallest absolute Gasteiger partial charge is 0.344 e. The van der Waals surface area contributed by atoms with E-state index in [1.807, 2.05) is 19.1 Å². The lowest BCUT2D eigenvalue weighted by Gasteiger charge is -2.22. The third-order valence-corrected chi connectivity index (χ3v) is 5.77. The van der Waals surface area contributed by atoms with Gasteiger partial charge in [0.1, 0.15) is 11.3 Å². The molecule has 34 heavy (non-hydrogen) atoms. The molecule has 0 aliphatic heterocycles. The van der Waals surface area contributed by atoms with E-state index in [1.165, 1.54) is 6.07 Å². The Morgan fingerprint density at radius 2 is 1.68 bits per heavy atom. The molecule has 0 bridgehead atoms. The first kappa shape index (κ1) is 23.6. The Morgan fingerprint density at radius 1 is 0.912 bits per heavy atom. The molecule has 2 heterocycles. The molecule has 4 aromatic rings. The summed E-state index contributed by atoms with van der Waals surface area (Å²) in [5, 5.41) is 11.9. The summed E-state index contributed by atoms with van der Waals surface area (Å²) in [5.74, 6) is 0.539. The van der Waals surface area contributed by atoms with E-state index in [9.17, 15) is 14.7 Å². The molecule has 0 amide bonds. The molecule has 0 atom stereocenters. The highest BCUT2D eigenvalue weighted by molar-refractivity contribution is 5.97. The summed E-state index contributed by atoms with van der Waals surface area (Å²) in [4.78, 5) is 27.8. The number of hydrogen-bond acceptors (Lipinski definition) is 7. The third-order valence-electron chi connectivity index (χ3n) is 5.77. The minimum absolute atomic E-state index is 0.0527. The van der Waals surface area contributed by atoms with Crippen molar-refractivity contribution in [3.05, 3.63) is 68.9 Å². The van der Waals surface area contributed by atoms with Crippen molar-refractivity contribution in [1.82, 2.24) is 4.90 Å². The zero-order valence-electron chi connectivity index (χ0n) is 19.7. The van der Waals surface area contributed by atoms with Crippen LogP contribution in [0, 0.1) is 0 Å². The van der Waals surface area contributed by atoms with Crippen molar-refractivity contribution < 1.29 is 18.7 Å². The van der Waals surface area contributed by atoms with Crippen molar-refractivity contribution in [3.63, 3.8) is 0 Å². The molecular weight excluding hydrogens is 434 g/mol. The van der Waals surface area contributed by atoms with Gasteiger partial charge in [0.05, 0.1) is 17.7 Å². The third kappa shape index (κ3) is 4.56. The number of benzene rings is 2. The average Bonchev–Trinajstić information content (AvgIpc) is 2.81. The lowest BCUT2D eigenvalue weighted by molar-refractivity contribution is 0.262. The number of nitrogens with zero attached hydrogens (tertiary/aromatic N) is 1. The van der Waals surface area contributed by atoms with E-state index in [-0.39, 0.29) is 16.9 Å². The Bertz CT molecular complexity index is 1430. The predicted octanol–water partition coefficient (Wildman–Crippen LogP) is 5.29. The first-order valence-corrected chi connectivity index (χ1v) is 11.7. The first-order chi connectivity index (χ1) is 16.5. The van der Waals surface area contributed by atoms with E-state index in [0.29, 0.717) is 46.4 Å². The quantitative estimate of drug-likeness (QED) is 0.337. The topological polar surface area (TPSA) is 93.1 Å². The van der Waals surface area contributed by atoms with Gasteiger partial charge in [0, 0.05) is 28.9 Å². The zero-order chi connectivity index (χ0) is 24.2. The van der Waals surface area contributed by atoms with Crippen molar-refractivity contribution in [3.8, 4) is 22.6 Å². The highest BCUT2D eigenvalue weighted by Gasteiger charge is 2.20. The fourth-order valence-electron chi connectivity index (χ4n) is 4.35. The molecule has 4 rings (SSSR count). The van der Waals surface area contributed by atoms with Gasteiger partial charge in [-0.05, 0) is 57.1 Å². The summed E-state index contributed by atoms with van der Waals surface area (Å²) in [5.41, 5.74) is 0.634. The molecule has 1 N–H and O–H groups in total. The molecule has 7 heteroatoms. The van der Waals surface area contributed by atoms with Gasteiger partial charge in [0.25, 0.3) is 0 Å². The SMILES string of the molecule is CCCN(CCC)Cc1c(O)ccc2c(-c3cc4cccc(OCC)c4oc3=O)cc(=O)oc12. The van der Waals surface area contributed by atoms with E-state index in [2.05, 4.69) is 18.7 Å². The van der Waals surface area contributed by atoms with Gasteiger partial charge in [0.15, 0.2) is 11.3 Å². The molecule has 0 unspecified atom stereocenters. The number of para-hydroxylation sites is 1. The van der Waals surface area contributed by atoms with E-state index < -0.39 is 11.3 Å². The number of aromatic hydroxyl groups is 1. The maximum absolute atomic E-state index is 13.0. The van der Waals surface area contributed by atoms with Crippen LogP contribution in [0.2, 0.25) is 0 Å². The second kappa shape index (κ2) is 10.1. The van der Waals surface area contributed by atoms with Gasteiger partial charge in [-0.2, -0.15) is 0 Å². The Hall–Kier alpha value is -3.58. The fraction of sp³-hybridized carbons (Fsp3) is 0.333. The molecule has 0 saturated carbocycles. The van der Waals surface area contributed by atoms with Gasteiger partial charge in [-0.1, -0.05) is 26.0 Å². The highest BCUT2D eigenvalue weighted by Crippen LogP contribution is 2.34. The summed E-state index contributed by atoms with van der Waals surface area (Å²) in [6.45, 7) is 8.62. The van der Waals surface area contributed by atoms with Crippen LogP contribution in [0.25, 0.3) is 33.1 Å². The van der Waals surface area contributed by atoms with Crippen LogP contribution in [0.1, 0.15) is 39.2 Å². The Morgan fingerprint density at radius 3 is 2.38 bits per heavy atom. The lowest BCUT2D eigenvalue weighted by atomic mass is 9.99. The van der Waals surface area contributed by atoms with E-state index >= 15 is 0 Å². The van der Waals surface area contributed by atoms with E-state index in [0.717, 1.165) is 25.9 Å². The van der Waals surface area contributed by atoms with Crippen molar-refractivity contribution in [1.29, 1.82) is 0 Å². The Labute approximate surface area is 197 Å². The van der Waals surface area contributed by atoms with E-state index in [4.69, 9.17) is 13.6 Å². The molecule has 0 fully saturated rings. The monoisotopic (exact) mass is 463 g/mol. The van der Waals surface area contributed by atoms with Gasteiger partial charge >= 0.3 is 11.3 Å². The number of hydrogen-bond donors (Lipinski definition) is 1. The van der Waals surface area contributed by atoms with Gasteiger partial charge in [-0.15, -0.1) is 0 Å². The van der Waals surface area contributed by atoms with Crippen LogP contribution in [0.4, 0.5) is 0 Å². The summed E-state index contributed by atoms with van der Waals surface area (Å²) < 4.78 is 16.8. The maximum atomic E-state index is 13.0. The van der Waals surface area contributed by atoms with Gasteiger partial charge in [-0.3, -0.25) is 4.90 Å². The summed E-state index contributed by atoms with van der Waals surface area (Å²) in [7, 11) is 0. The molecule has 0 radical (unpaired) electrons. The molecule has 7 nitrogen and oxygen atoms in total. The molecular formula is C27H29NO6. The van der Waals surface area contributed by atoms with Gasteiger partial charge < -0.3 is 18.7 Å². The van der Waals surface area contributed by atoms with Crippen LogP contribution in [0.5, 0.6) is 11.5 Å². The van der Waals surface area contributed by atoms with Crippen LogP contribution >= 0.6 is 0 Å². The predicted molar refractivity (Wildman–Crippen MR) is 133 cm³/mol. The number of rotatable bonds is 9. The zero-order valence-corrected chi connectivity index (χ0v) is 19.7. The molecule has 178 valence electrons. The minimum Gasteiger partial charge on any atom is -0.507 e. The minimum atomic E-state index is -0.602. The van der Waals surface area contributed by atoms with Crippen LogP contribution in [-0.2, 0) is 6.54 Å². The lowest BCUT2D eigenvalue weighted by Crippen LogP contribution is -2.25. The number of fused-ring (bicyclic) bond motifs is 2. The molecule has 0 spiro atoms. The summed E-state index contributed by atoms with van der Waals surface area (Å²) in [6.07, 6.45) is 1.92. The number of ether oxygens (including phenoxy) is 1. The van der Waals surface area contributed by atoms with Crippen LogP contribution in [-0.4, -0.2) is 29.7 Å². The number of phenols is 1. The van der Waals surface area contributed by atoms with E-state index in [1.54, 1.807) is 24.3 Å². The number of phenolic OH excluding ortho intramolecular Hbond substituents is 1. The Kier molecular flexibility index (Phi) is 7.03. The average molecular weight is 464 g/mol. The maximum Gasteiger partial charge on any atom is 0.344 e. The fourth-order valence-corrected chi connectivity index (χ4v) is 4.35. The van der Waals surface area contributed by atoms with Crippen molar-refractivity contribution >= 4 is 21.9 Å². The first-order valence-electron chi connectivity index (χ1n) is 11.7. The molecule has 0 aliphatic rings. The normalized spacial score (nSPS) is 11.5. The van der Waals surface area contributed by atoms with Gasteiger partial charge in [0.2, 0.25) is 0 Å². The molecule has 2 aromatic heterocycles. The molecule has 2 aromatic carbocycles. The van der Waals surface area contributed by atoms with Crippen LogP contribution < -0.4 is 16.0 Å². The van der Waals surface area contributed by atoms with Crippen LogP contribution in [0.3, 0.4) is 0 Å². The van der Waals surface area contributed by atoms with Crippen molar-refractivity contribution in [2.24, 2.45) is 0 Å². The van der Waals surface area contributed by atoms with Gasteiger partial charge in [-0.25, -0.2) is 9.59 Å². The summed E-state index contributed by atoms with van der Waals surface area (Å²) in [6, 6.07) is 11.6. The highest BCUT2D eigenvalue weighted by atomic mass is 16.5. The standard InChI is InChI=1S/C27H29NO6/c1-4-12-28(13-5-2)16-21-22(29)11-10-18-19(15-24(30)33-26(18)21)20-14-17-8-7-9-23(32-6-3)25(17)34-27(20)31/h7-11,14-15,29H,4-6,12-13,16H2,1-3H3. The Balaban J connectivity index is 1.92. The van der Waals surface area contributed by atoms with Crippen molar-refractivity contribution in [2.45, 2.75) is 40.2 Å². The summed E-state index contributed by atoms with van der Waals surface area (Å²) >= 11 is 0. The molecule has 0 saturated heterocycles. The van der Waals surface area contributed by atoms with Crippen LogP contribution in [0.15, 0.2) is 60.9 Å². The van der Waals surface area contributed by atoms with Crippen molar-refractivity contribution in [2.75, 3.05) is 19.7 Å². The molecule has 0 aliphatic carbocycles.